The molecule has 0 saturated heterocycles. The van der Waals surface area contributed by atoms with E-state index in [1.807, 2.05) is 6.92 Å². The Labute approximate surface area is 90.7 Å². The van der Waals surface area contributed by atoms with Gasteiger partial charge in [-0.15, -0.1) is 11.6 Å². The lowest BCUT2D eigenvalue weighted by Crippen LogP contribution is -2.28. The summed E-state index contributed by atoms with van der Waals surface area (Å²) in [6, 6.07) is 0. The van der Waals surface area contributed by atoms with Gasteiger partial charge in [0.05, 0.1) is 5.75 Å². The van der Waals surface area contributed by atoms with Crippen LogP contribution < -0.4 is 4.72 Å². The fourth-order valence-corrected chi connectivity index (χ4v) is 2.36. The molecule has 0 saturated carbocycles. The number of halogens is 1. The number of sulfonamides is 1. The number of hydrogen-bond donors (Lipinski definition) is 2. The van der Waals surface area contributed by atoms with Gasteiger partial charge in [0.2, 0.25) is 10.0 Å². The molecule has 4 nitrogen and oxygen atoms in total. The highest BCUT2D eigenvalue weighted by atomic mass is 35.5. The highest BCUT2D eigenvalue weighted by Gasteiger charge is 2.08. The van der Waals surface area contributed by atoms with E-state index < -0.39 is 10.0 Å². The zero-order valence-electron chi connectivity index (χ0n) is 8.37. The molecule has 0 amide bonds. The van der Waals surface area contributed by atoms with Gasteiger partial charge in [-0.2, -0.15) is 0 Å². The lowest BCUT2D eigenvalue weighted by atomic mass is 10.1. The Balaban J connectivity index is 3.54. The van der Waals surface area contributed by atoms with Gasteiger partial charge < -0.3 is 5.11 Å². The Hall–Kier alpha value is 0.160. The van der Waals surface area contributed by atoms with Crippen molar-refractivity contribution >= 4 is 21.6 Å². The van der Waals surface area contributed by atoms with Gasteiger partial charge in [-0.3, -0.25) is 0 Å². The second-order valence-corrected chi connectivity index (χ2v) is 5.64. The molecule has 1 atom stereocenters. The molecule has 0 rings (SSSR count). The number of hydrogen-bond acceptors (Lipinski definition) is 3. The standard InChI is InChI=1S/C8H18ClNO3S/c1-8(7-11)3-2-5-10-14(12,13)6-4-9/h8,10-11H,2-7H2,1H3. The van der Waals surface area contributed by atoms with Crippen molar-refractivity contribution in [1.82, 2.24) is 4.72 Å². The Morgan fingerprint density at radius 3 is 2.64 bits per heavy atom. The number of aliphatic hydroxyl groups is 1. The first-order valence-electron chi connectivity index (χ1n) is 4.66. The van der Waals surface area contributed by atoms with Crippen molar-refractivity contribution in [2.24, 2.45) is 5.92 Å². The molecule has 0 aromatic heterocycles. The first-order chi connectivity index (χ1) is 6.52. The highest BCUT2D eigenvalue weighted by molar-refractivity contribution is 7.89. The maximum atomic E-state index is 11.1. The van der Waals surface area contributed by atoms with Crippen LogP contribution in [0.5, 0.6) is 0 Å². The van der Waals surface area contributed by atoms with Crippen LogP contribution in [0.4, 0.5) is 0 Å². The van der Waals surface area contributed by atoms with Gasteiger partial charge in [0.15, 0.2) is 0 Å². The van der Waals surface area contributed by atoms with E-state index in [-0.39, 0.29) is 24.2 Å². The maximum Gasteiger partial charge on any atom is 0.212 e. The fourth-order valence-electron chi connectivity index (χ4n) is 0.943. The van der Waals surface area contributed by atoms with Gasteiger partial charge in [0, 0.05) is 19.0 Å². The molecule has 6 heteroatoms. The van der Waals surface area contributed by atoms with Crippen molar-refractivity contribution in [2.75, 3.05) is 24.8 Å². The van der Waals surface area contributed by atoms with Crippen LogP contribution in [0, 0.1) is 5.92 Å². The molecule has 86 valence electrons. The molecule has 0 radical (unpaired) electrons. The smallest absolute Gasteiger partial charge is 0.212 e. The van der Waals surface area contributed by atoms with Crippen LogP contribution in [-0.2, 0) is 10.0 Å². The highest BCUT2D eigenvalue weighted by Crippen LogP contribution is 2.02. The Morgan fingerprint density at radius 2 is 2.14 bits per heavy atom. The van der Waals surface area contributed by atoms with E-state index in [4.69, 9.17) is 16.7 Å². The minimum atomic E-state index is -3.18. The van der Waals surface area contributed by atoms with E-state index in [0.717, 1.165) is 12.8 Å². The van der Waals surface area contributed by atoms with Gasteiger partial charge in [0.25, 0.3) is 0 Å². The summed E-state index contributed by atoms with van der Waals surface area (Å²) in [4.78, 5) is 0. The lowest BCUT2D eigenvalue weighted by Gasteiger charge is -2.08. The Morgan fingerprint density at radius 1 is 1.50 bits per heavy atom. The lowest BCUT2D eigenvalue weighted by molar-refractivity contribution is 0.228. The summed E-state index contributed by atoms with van der Waals surface area (Å²) in [5.41, 5.74) is 0. The average molecular weight is 244 g/mol. The average Bonchev–Trinajstić information content (AvgIpc) is 2.12. The molecule has 0 heterocycles. The molecule has 1 unspecified atom stereocenters. The summed E-state index contributed by atoms with van der Waals surface area (Å²) in [6.45, 7) is 2.49. The van der Waals surface area contributed by atoms with E-state index >= 15 is 0 Å². The predicted molar refractivity (Wildman–Crippen MR) is 58.0 cm³/mol. The quantitative estimate of drug-likeness (QED) is 0.484. The van der Waals surface area contributed by atoms with Crippen molar-refractivity contribution in [2.45, 2.75) is 19.8 Å². The molecule has 0 aliphatic heterocycles. The van der Waals surface area contributed by atoms with Crippen LogP contribution in [0.1, 0.15) is 19.8 Å². The van der Waals surface area contributed by atoms with Crippen LogP contribution in [-0.4, -0.2) is 38.3 Å². The van der Waals surface area contributed by atoms with Crippen LogP contribution >= 0.6 is 11.6 Å². The van der Waals surface area contributed by atoms with Gasteiger partial charge >= 0.3 is 0 Å². The second-order valence-electron chi connectivity index (χ2n) is 3.33. The Bertz CT molecular complexity index is 231. The Kier molecular flexibility index (Phi) is 7.54. The minimum Gasteiger partial charge on any atom is -0.396 e. The van der Waals surface area contributed by atoms with Crippen LogP contribution in [0.2, 0.25) is 0 Å². The van der Waals surface area contributed by atoms with E-state index in [9.17, 15) is 8.42 Å². The number of aliphatic hydroxyl groups excluding tert-OH is 1. The molecular weight excluding hydrogens is 226 g/mol. The first kappa shape index (κ1) is 14.2. The molecule has 14 heavy (non-hydrogen) atoms. The van der Waals surface area contributed by atoms with Crippen molar-refractivity contribution in [3.8, 4) is 0 Å². The van der Waals surface area contributed by atoms with Gasteiger partial charge in [0.1, 0.15) is 0 Å². The third-order valence-electron chi connectivity index (χ3n) is 1.85. The largest absolute Gasteiger partial charge is 0.396 e. The SMILES string of the molecule is CC(CO)CCCNS(=O)(=O)CCCl. The van der Waals surface area contributed by atoms with Crippen LogP contribution in [0.15, 0.2) is 0 Å². The molecule has 0 aromatic rings. The molecule has 0 bridgehead atoms. The molecule has 0 aliphatic rings. The summed E-state index contributed by atoms with van der Waals surface area (Å²) < 4.78 is 24.6. The molecular formula is C8H18ClNO3S. The molecule has 0 spiro atoms. The molecule has 0 aromatic carbocycles. The number of rotatable bonds is 8. The maximum absolute atomic E-state index is 11.1. The normalized spacial score (nSPS) is 14.2. The van der Waals surface area contributed by atoms with Gasteiger partial charge in [-0.1, -0.05) is 6.92 Å². The number of alkyl halides is 1. The van der Waals surface area contributed by atoms with Gasteiger partial charge in [-0.25, -0.2) is 13.1 Å². The minimum absolute atomic E-state index is 0.0376. The zero-order valence-corrected chi connectivity index (χ0v) is 9.94. The van der Waals surface area contributed by atoms with Crippen molar-refractivity contribution in [1.29, 1.82) is 0 Å². The van der Waals surface area contributed by atoms with E-state index in [0.29, 0.717) is 6.54 Å². The third kappa shape index (κ3) is 7.55. The molecule has 0 aliphatic carbocycles. The summed E-state index contributed by atoms with van der Waals surface area (Å²) in [5.74, 6) is 0.305. The van der Waals surface area contributed by atoms with E-state index in [1.54, 1.807) is 0 Å². The third-order valence-corrected chi connectivity index (χ3v) is 3.65. The zero-order chi connectivity index (χ0) is 11.0. The predicted octanol–water partition coefficient (Wildman–Crippen LogP) is 0.553. The molecule has 0 fully saturated rings. The monoisotopic (exact) mass is 243 g/mol. The topological polar surface area (TPSA) is 66.4 Å². The summed E-state index contributed by atoms with van der Waals surface area (Å²) in [5, 5.41) is 8.72. The van der Waals surface area contributed by atoms with Crippen LogP contribution in [0.3, 0.4) is 0 Å². The summed E-state index contributed by atoms with van der Waals surface area (Å²) in [6.07, 6.45) is 1.56. The second kappa shape index (κ2) is 7.45. The van der Waals surface area contributed by atoms with Crippen molar-refractivity contribution in [3.63, 3.8) is 0 Å². The van der Waals surface area contributed by atoms with E-state index in [1.165, 1.54) is 0 Å². The fraction of sp³-hybridized carbons (Fsp3) is 1.00. The van der Waals surface area contributed by atoms with Crippen molar-refractivity contribution in [3.05, 3.63) is 0 Å². The summed E-state index contributed by atoms with van der Waals surface area (Å²) >= 11 is 5.32. The van der Waals surface area contributed by atoms with Crippen LogP contribution in [0.25, 0.3) is 0 Å². The van der Waals surface area contributed by atoms with Gasteiger partial charge in [-0.05, 0) is 18.8 Å². The number of nitrogens with one attached hydrogen (secondary N) is 1. The van der Waals surface area contributed by atoms with Crippen molar-refractivity contribution < 1.29 is 13.5 Å². The molecule has 2 N–H and O–H groups in total. The first-order valence-corrected chi connectivity index (χ1v) is 6.84. The van der Waals surface area contributed by atoms with E-state index in [2.05, 4.69) is 4.72 Å². The summed E-state index contributed by atoms with van der Waals surface area (Å²) in [7, 11) is -3.18.